The molecule has 4 heteroatoms. The van der Waals surface area contributed by atoms with Crippen LogP contribution < -0.4 is 0 Å². The van der Waals surface area contributed by atoms with E-state index in [1.807, 2.05) is 13.1 Å². The lowest BCUT2D eigenvalue weighted by Crippen LogP contribution is -2.26. The standard InChI is InChI=1S/C14H19NO2S/c1-3-4-5-10-15(2)14(17)13-9-8-12(18-13)7-6-11-16/h8-9,16H,3-5,10-11H2,1-2H3. The van der Waals surface area contributed by atoms with Crippen LogP contribution in [-0.2, 0) is 0 Å². The maximum Gasteiger partial charge on any atom is 0.263 e. The number of rotatable bonds is 5. The third kappa shape index (κ3) is 4.52. The minimum absolute atomic E-state index is 0.0492. The molecule has 1 amide bonds. The summed E-state index contributed by atoms with van der Waals surface area (Å²) < 4.78 is 0. The van der Waals surface area contributed by atoms with E-state index < -0.39 is 0 Å². The maximum atomic E-state index is 12.1. The van der Waals surface area contributed by atoms with Crippen LogP contribution in [0, 0.1) is 11.8 Å². The number of aliphatic hydroxyl groups is 1. The topological polar surface area (TPSA) is 40.5 Å². The number of carbonyl (C=O) groups is 1. The lowest BCUT2D eigenvalue weighted by Gasteiger charge is -2.15. The fourth-order valence-electron chi connectivity index (χ4n) is 1.54. The Morgan fingerprint density at radius 1 is 1.44 bits per heavy atom. The van der Waals surface area contributed by atoms with E-state index in [4.69, 9.17) is 5.11 Å². The number of amides is 1. The minimum Gasteiger partial charge on any atom is -0.384 e. The molecule has 1 aromatic heterocycles. The van der Waals surface area contributed by atoms with Crippen molar-refractivity contribution in [2.24, 2.45) is 0 Å². The van der Waals surface area contributed by atoms with Crippen LogP contribution in [0.15, 0.2) is 12.1 Å². The summed E-state index contributed by atoms with van der Waals surface area (Å²) in [5.74, 6) is 5.44. The van der Waals surface area contributed by atoms with Gasteiger partial charge in [0.25, 0.3) is 5.91 Å². The van der Waals surface area contributed by atoms with Gasteiger partial charge in [0, 0.05) is 13.6 Å². The zero-order valence-corrected chi connectivity index (χ0v) is 11.7. The maximum absolute atomic E-state index is 12.1. The molecule has 0 unspecified atom stereocenters. The average Bonchev–Trinajstić information content (AvgIpc) is 2.84. The molecule has 1 N–H and O–H groups in total. The van der Waals surface area contributed by atoms with Gasteiger partial charge in [-0.25, -0.2) is 0 Å². The van der Waals surface area contributed by atoms with Crippen LogP contribution in [0.2, 0.25) is 0 Å². The molecule has 0 spiro atoms. The predicted octanol–water partition coefficient (Wildman–Crippen LogP) is 2.35. The first-order valence-corrected chi connectivity index (χ1v) is 6.95. The molecular weight excluding hydrogens is 246 g/mol. The highest BCUT2D eigenvalue weighted by Crippen LogP contribution is 2.17. The molecule has 0 aromatic carbocycles. The molecule has 0 fully saturated rings. The lowest BCUT2D eigenvalue weighted by molar-refractivity contribution is 0.0797. The SMILES string of the molecule is CCCCCN(C)C(=O)c1ccc(C#CCO)s1. The summed E-state index contributed by atoms with van der Waals surface area (Å²) in [5, 5.41) is 8.61. The second-order valence-corrected chi connectivity index (χ2v) is 5.14. The molecule has 0 bridgehead atoms. The summed E-state index contributed by atoms with van der Waals surface area (Å²) in [6, 6.07) is 3.62. The van der Waals surface area contributed by atoms with Gasteiger partial charge in [-0.3, -0.25) is 4.79 Å². The first kappa shape index (κ1) is 14.7. The van der Waals surface area contributed by atoms with Crippen LogP contribution in [-0.4, -0.2) is 36.1 Å². The van der Waals surface area contributed by atoms with Gasteiger partial charge < -0.3 is 10.0 Å². The van der Waals surface area contributed by atoms with E-state index in [0.717, 1.165) is 30.7 Å². The van der Waals surface area contributed by atoms with Gasteiger partial charge in [0.15, 0.2) is 0 Å². The van der Waals surface area contributed by atoms with Crippen LogP contribution >= 0.6 is 11.3 Å². The molecule has 0 aliphatic rings. The summed E-state index contributed by atoms with van der Waals surface area (Å²) in [4.78, 5) is 15.3. The molecule has 98 valence electrons. The van der Waals surface area contributed by atoms with Crippen LogP contribution in [0.4, 0.5) is 0 Å². The van der Waals surface area contributed by atoms with E-state index in [2.05, 4.69) is 18.8 Å². The van der Waals surface area contributed by atoms with E-state index in [-0.39, 0.29) is 12.5 Å². The number of thiophene rings is 1. The van der Waals surface area contributed by atoms with E-state index in [9.17, 15) is 4.79 Å². The van der Waals surface area contributed by atoms with Crippen molar-refractivity contribution < 1.29 is 9.90 Å². The Balaban J connectivity index is 2.57. The molecule has 1 rings (SSSR count). The molecule has 0 saturated heterocycles. The molecule has 18 heavy (non-hydrogen) atoms. The second kappa shape index (κ2) is 7.91. The molecule has 0 radical (unpaired) electrons. The summed E-state index contributed by atoms with van der Waals surface area (Å²) in [6.07, 6.45) is 3.35. The summed E-state index contributed by atoms with van der Waals surface area (Å²) in [7, 11) is 1.83. The van der Waals surface area contributed by atoms with E-state index in [0.29, 0.717) is 4.88 Å². The van der Waals surface area contributed by atoms with Gasteiger partial charge in [-0.05, 0) is 18.6 Å². The fourth-order valence-corrected chi connectivity index (χ4v) is 2.41. The van der Waals surface area contributed by atoms with Crippen LogP contribution in [0.3, 0.4) is 0 Å². The van der Waals surface area contributed by atoms with Crippen LogP contribution in [0.1, 0.15) is 40.7 Å². The van der Waals surface area contributed by atoms with Gasteiger partial charge in [-0.2, -0.15) is 0 Å². The number of hydrogen-bond acceptors (Lipinski definition) is 3. The Bertz CT molecular complexity index is 442. The van der Waals surface area contributed by atoms with Crippen molar-refractivity contribution >= 4 is 17.2 Å². The van der Waals surface area contributed by atoms with Gasteiger partial charge in [0.05, 0.1) is 9.75 Å². The molecule has 0 aliphatic carbocycles. The quantitative estimate of drug-likeness (QED) is 0.656. The highest BCUT2D eigenvalue weighted by atomic mass is 32.1. The van der Waals surface area contributed by atoms with Crippen molar-refractivity contribution in [1.29, 1.82) is 0 Å². The van der Waals surface area contributed by atoms with Gasteiger partial charge >= 0.3 is 0 Å². The number of aliphatic hydroxyl groups excluding tert-OH is 1. The lowest BCUT2D eigenvalue weighted by atomic mass is 10.2. The monoisotopic (exact) mass is 265 g/mol. The minimum atomic E-state index is -0.155. The number of hydrogen-bond donors (Lipinski definition) is 1. The molecule has 0 atom stereocenters. The Kier molecular flexibility index (Phi) is 6.48. The van der Waals surface area contributed by atoms with Crippen molar-refractivity contribution in [1.82, 2.24) is 4.90 Å². The third-order valence-electron chi connectivity index (χ3n) is 2.55. The highest BCUT2D eigenvalue weighted by molar-refractivity contribution is 7.14. The molecule has 1 aromatic rings. The number of carbonyl (C=O) groups excluding carboxylic acids is 1. The smallest absolute Gasteiger partial charge is 0.263 e. The van der Waals surface area contributed by atoms with Crippen molar-refractivity contribution in [3.8, 4) is 11.8 Å². The van der Waals surface area contributed by atoms with Gasteiger partial charge in [-0.1, -0.05) is 31.6 Å². The first-order valence-electron chi connectivity index (χ1n) is 6.14. The molecular formula is C14H19NO2S. The summed E-state index contributed by atoms with van der Waals surface area (Å²) in [5.41, 5.74) is 0. The number of nitrogens with zero attached hydrogens (tertiary/aromatic N) is 1. The number of unbranched alkanes of at least 4 members (excludes halogenated alkanes) is 2. The zero-order chi connectivity index (χ0) is 13.4. The van der Waals surface area contributed by atoms with Crippen molar-refractivity contribution in [3.63, 3.8) is 0 Å². The second-order valence-electron chi connectivity index (χ2n) is 4.06. The molecule has 3 nitrogen and oxygen atoms in total. The zero-order valence-electron chi connectivity index (χ0n) is 10.9. The average molecular weight is 265 g/mol. The molecule has 0 aliphatic heterocycles. The Hall–Kier alpha value is -1.31. The van der Waals surface area contributed by atoms with E-state index >= 15 is 0 Å². The van der Waals surface area contributed by atoms with Gasteiger partial charge in [0.2, 0.25) is 0 Å². The summed E-state index contributed by atoms with van der Waals surface area (Å²) >= 11 is 1.37. The van der Waals surface area contributed by atoms with Gasteiger partial charge in [0.1, 0.15) is 6.61 Å². The fraction of sp³-hybridized carbons (Fsp3) is 0.500. The van der Waals surface area contributed by atoms with Crippen molar-refractivity contribution in [3.05, 3.63) is 21.9 Å². The third-order valence-corrected chi connectivity index (χ3v) is 3.54. The molecule has 0 saturated carbocycles. The van der Waals surface area contributed by atoms with E-state index in [1.54, 1.807) is 11.0 Å². The van der Waals surface area contributed by atoms with Crippen molar-refractivity contribution in [2.75, 3.05) is 20.2 Å². The van der Waals surface area contributed by atoms with Crippen LogP contribution in [0.5, 0.6) is 0 Å². The normalized spacial score (nSPS) is 9.72. The molecule has 1 heterocycles. The van der Waals surface area contributed by atoms with Crippen LogP contribution in [0.25, 0.3) is 0 Å². The summed E-state index contributed by atoms with van der Waals surface area (Å²) in [6.45, 7) is 2.79. The Labute approximate surface area is 112 Å². The Morgan fingerprint density at radius 3 is 2.89 bits per heavy atom. The Morgan fingerprint density at radius 2 is 2.22 bits per heavy atom. The van der Waals surface area contributed by atoms with E-state index in [1.165, 1.54) is 11.3 Å². The largest absolute Gasteiger partial charge is 0.384 e. The van der Waals surface area contributed by atoms with Crippen molar-refractivity contribution in [2.45, 2.75) is 26.2 Å². The first-order chi connectivity index (χ1) is 8.69. The van der Waals surface area contributed by atoms with Gasteiger partial charge in [-0.15, -0.1) is 11.3 Å². The highest BCUT2D eigenvalue weighted by Gasteiger charge is 2.13. The predicted molar refractivity (Wildman–Crippen MR) is 74.8 cm³/mol.